The van der Waals surface area contributed by atoms with Gasteiger partial charge in [0.25, 0.3) is 5.91 Å². The number of halogens is 2. The zero-order valence-electron chi connectivity index (χ0n) is 34.4. The molecule has 4 aromatic carbocycles. The maximum absolute atomic E-state index is 14.7. The van der Waals surface area contributed by atoms with Gasteiger partial charge in [0, 0.05) is 40.8 Å². The lowest BCUT2D eigenvalue weighted by Gasteiger charge is -2.25. The van der Waals surface area contributed by atoms with Crippen LogP contribution < -0.4 is 30.0 Å². The van der Waals surface area contributed by atoms with E-state index < -0.39 is 90.3 Å². The van der Waals surface area contributed by atoms with E-state index in [2.05, 4.69) is 5.32 Å². The zero-order chi connectivity index (χ0) is 48.0. The Hall–Kier alpha value is -8.75. The van der Waals surface area contributed by atoms with E-state index in [1.54, 1.807) is 19.1 Å². The molecule has 2 aliphatic rings. The van der Waals surface area contributed by atoms with Crippen molar-refractivity contribution >= 4 is 58.1 Å². The molecule has 0 bridgehead atoms. The molecule has 66 heavy (non-hydrogen) atoms. The maximum Gasteiger partial charge on any atom is 0.336 e. The van der Waals surface area contributed by atoms with Crippen LogP contribution >= 0.6 is 0 Å². The number of phenolic OH excluding ortho intramolecular Hbond substituents is 1. The molecule has 0 saturated heterocycles. The van der Waals surface area contributed by atoms with E-state index in [1.807, 2.05) is 0 Å². The number of hydrogen-bond acceptors (Lipinski definition) is 13. The number of phenols is 1. The summed E-state index contributed by atoms with van der Waals surface area (Å²) in [5.41, 5.74) is -1.01. The number of nitrogens with one attached hydrogen (secondary N) is 1. The number of aryl methyl sites for hydroxylation is 1. The van der Waals surface area contributed by atoms with E-state index in [1.165, 1.54) is 36.4 Å². The van der Waals surface area contributed by atoms with Crippen molar-refractivity contribution in [3.8, 4) is 39.7 Å². The van der Waals surface area contributed by atoms with Crippen molar-refractivity contribution in [1.82, 2.24) is 5.32 Å². The minimum Gasteiger partial charge on any atom is -0.505 e. The van der Waals surface area contributed by atoms with Gasteiger partial charge in [0.15, 0.2) is 17.4 Å². The van der Waals surface area contributed by atoms with Gasteiger partial charge >= 0.3 is 29.8 Å². The Balaban J connectivity index is 1.27. The lowest BCUT2D eigenvalue weighted by molar-refractivity contribution is -0.138. The molecule has 19 nitrogen and oxygen atoms in total. The molecule has 0 aromatic heterocycles. The van der Waals surface area contributed by atoms with Crippen LogP contribution in [0.3, 0.4) is 0 Å². The molecule has 342 valence electrons. The minimum atomic E-state index is -1.55. The number of aromatic hydroxyl groups is 1. The van der Waals surface area contributed by atoms with Crippen molar-refractivity contribution in [1.29, 1.82) is 0 Å². The first kappa shape index (κ1) is 46.7. The molecular weight excluding hydrogens is 876 g/mol. The number of ether oxygens (including phenoxy) is 2. The fourth-order valence-electron chi connectivity index (χ4n) is 7.01. The minimum absolute atomic E-state index is 0.0251. The highest BCUT2D eigenvalue weighted by Gasteiger charge is 2.26. The lowest BCUT2D eigenvalue weighted by atomic mass is 9.89. The number of aliphatic carboxylic acids is 4. The standard InChI is InChI=1S/C45H37F2N3O16/c1-22-2-6-31(49(18-39(53)54)19-40(55)56)37(10-22)64-8-9-65-38-11-23(3-7-32(38)50(20-41(57)58)21-42(59)60)17-48-44(61)24-4-5-25(26(12-24)45(62)63)43-27-13-29(46)33(51)15-35(27)66-36-16-34(52)30(47)14-28(36)43/h2-7,10-16,51H,8-9,17-21H2,1H3,(H,48,61)(H,53,54)(H,55,56)(H,57,58)(H,59,60)(H,62,63). The molecule has 1 amide bonds. The Morgan fingerprint density at radius 1 is 0.667 bits per heavy atom. The van der Waals surface area contributed by atoms with E-state index in [4.69, 9.17) is 13.9 Å². The molecule has 4 aromatic rings. The highest BCUT2D eigenvalue weighted by atomic mass is 19.1. The zero-order valence-corrected chi connectivity index (χ0v) is 34.4. The van der Waals surface area contributed by atoms with Crippen LogP contribution in [0.25, 0.3) is 33.4 Å². The third-order valence-corrected chi connectivity index (χ3v) is 9.80. The normalized spacial score (nSPS) is 11.0. The van der Waals surface area contributed by atoms with Gasteiger partial charge in [-0.15, -0.1) is 0 Å². The molecule has 1 heterocycles. The summed E-state index contributed by atoms with van der Waals surface area (Å²) in [7, 11) is 0. The highest BCUT2D eigenvalue weighted by Crippen LogP contribution is 2.43. The van der Waals surface area contributed by atoms with Crippen LogP contribution in [0.4, 0.5) is 20.2 Å². The first-order chi connectivity index (χ1) is 31.3. The monoisotopic (exact) mass is 913 g/mol. The summed E-state index contributed by atoms with van der Waals surface area (Å²) in [6.45, 7) is -1.88. The van der Waals surface area contributed by atoms with Crippen molar-refractivity contribution in [3.63, 3.8) is 0 Å². The first-order valence-corrected chi connectivity index (χ1v) is 19.4. The molecule has 6 rings (SSSR count). The Kier molecular flexibility index (Phi) is 14.0. The van der Waals surface area contributed by atoms with Crippen molar-refractivity contribution in [2.45, 2.75) is 13.5 Å². The Labute approximate surface area is 370 Å². The van der Waals surface area contributed by atoms with Gasteiger partial charge in [0.05, 0.1) is 16.9 Å². The number of aromatic carboxylic acids is 1. The van der Waals surface area contributed by atoms with E-state index in [0.29, 0.717) is 11.1 Å². The van der Waals surface area contributed by atoms with Crippen LogP contribution in [0.2, 0.25) is 0 Å². The average molecular weight is 914 g/mol. The number of carboxylic acid groups (broad SMARTS) is 5. The summed E-state index contributed by atoms with van der Waals surface area (Å²) in [6.07, 6.45) is 0. The number of nitrogens with zero attached hydrogens (tertiary/aromatic N) is 2. The molecule has 0 fully saturated rings. The predicted octanol–water partition coefficient (Wildman–Crippen LogP) is 4.89. The molecule has 0 atom stereocenters. The van der Waals surface area contributed by atoms with Crippen LogP contribution in [0.1, 0.15) is 31.8 Å². The van der Waals surface area contributed by atoms with Crippen LogP contribution in [-0.4, -0.2) is 106 Å². The van der Waals surface area contributed by atoms with Crippen LogP contribution in [-0.2, 0) is 25.7 Å². The number of carbonyl (C=O) groups excluding carboxylic acids is 1. The van der Waals surface area contributed by atoms with E-state index in [9.17, 15) is 73.0 Å². The predicted molar refractivity (Wildman–Crippen MR) is 228 cm³/mol. The van der Waals surface area contributed by atoms with E-state index in [-0.39, 0.29) is 81.6 Å². The number of carbonyl (C=O) groups is 6. The molecule has 7 N–H and O–H groups in total. The highest BCUT2D eigenvalue weighted by molar-refractivity contribution is 6.09. The number of benzene rings is 5. The molecular formula is C45H37F2N3O16. The topological polar surface area (TPSA) is 291 Å². The molecule has 0 spiro atoms. The molecule has 0 radical (unpaired) electrons. The summed E-state index contributed by atoms with van der Waals surface area (Å²) >= 11 is 0. The smallest absolute Gasteiger partial charge is 0.336 e. The maximum atomic E-state index is 14.7. The van der Waals surface area contributed by atoms with Crippen LogP contribution in [0.5, 0.6) is 17.2 Å². The molecule has 0 saturated carbocycles. The second-order valence-electron chi connectivity index (χ2n) is 14.6. The van der Waals surface area contributed by atoms with Crippen molar-refractivity contribution in [3.05, 3.63) is 123 Å². The van der Waals surface area contributed by atoms with E-state index in [0.717, 1.165) is 40.1 Å². The largest absolute Gasteiger partial charge is 0.505 e. The fraction of sp³-hybridized carbons (Fsp3) is 0.178. The van der Waals surface area contributed by atoms with Crippen LogP contribution in [0.15, 0.2) is 88.1 Å². The number of carboxylic acids is 5. The second kappa shape index (κ2) is 19.7. The molecule has 0 unspecified atom stereocenters. The lowest BCUT2D eigenvalue weighted by Crippen LogP contribution is -2.35. The Morgan fingerprint density at radius 2 is 1.24 bits per heavy atom. The van der Waals surface area contributed by atoms with Crippen molar-refractivity contribution < 1.29 is 82.1 Å². The van der Waals surface area contributed by atoms with Crippen molar-refractivity contribution in [2.75, 3.05) is 49.2 Å². The summed E-state index contributed by atoms with van der Waals surface area (Å²) in [5.74, 6) is -11.0. The van der Waals surface area contributed by atoms with E-state index >= 15 is 0 Å². The van der Waals surface area contributed by atoms with Gasteiger partial charge in [0.1, 0.15) is 62.2 Å². The fourth-order valence-corrected chi connectivity index (χ4v) is 7.01. The van der Waals surface area contributed by atoms with Crippen LogP contribution in [0, 0.1) is 18.6 Å². The van der Waals surface area contributed by atoms with Crippen molar-refractivity contribution in [2.24, 2.45) is 0 Å². The SMILES string of the molecule is Cc1ccc(N(CC(=O)O)CC(=O)O)c(OCCOc2cc(CNC(=O)c3ccc(-c4c5cc(F)c(=O)cc-5oc5cc(O)c(F)cc45)c(C(=O)O)c3)ccc2N(CC(=O)O)CC(=O)O)c1. The average Bonchev–Trinajstić information content (AvgIpc) is 3.23. The number of hydrogen-bond donors (Lipinski definition) is 7. The number of amides is 1. The molecule has 21 heteroatoms. The van der Waals surface area contributed by atoms with Gasteiger partial charge in [-0.3, -0.25) is 28.8 Å². The van der Waals surface area contributed by atoms with Gasteiger partial charge in [0.2, 0.25) is 5.43 Å². The third-order valence-electron chi connectivity index (χ3n) is 9.80. The van der Waals surface area contributed by atoms with Gasteiger partial charge in [-0.25, -0.2) is 13.6 Å². The van der Waals surface area contributed by atoms with Gasteiger partial charge in [-0.1, -0.05) is 18.2 Å². The summed E-state index contributed by atoms with van der Waals surface area (Å²) in [5, 5.41) is 60.8. The van der Waals surface area contributed by atoms with Gasteiger partial charge < -0.3 is 59.6 Å². The molecule has 1 aliphatic heterocycles. The summed E-state index contributed by atoms with van der Waals surface area (Å²) < 4.78 is 46.9. The summed E-state index contributed by atoms with van der Waals surface area (Å²) in [6, 6.07) is 15.7. The summed E-state index contributed by atoms with van der Waals surface area (Å²) in [4.78, 5) is 87.0. The Morgan fingerprint density at radius 3 is 1.82 bits per heavy atom. The number of rotatable bonds is 20. The quantitative estimate of drug-likeness (QED) is 0.0396. The number of anilines is 2. The third kappa shape index (κ3) is 10.9. The van der Waals surface area contributed by atoms with Gasteiger partial charge in [-0.2, -0.15) is 0 Å². The number of fused-ring (bicyclic) bond motifs is 2. The Bertz CT molecular complexity index is 2920. The molecule has 1 aliphatic carbocycles. The first-order valence-electron chi connectivity index (χ1n) is 19.4. The van der Waals surface area contributed by atoms with Gasteiger partial charge in [-0.05, 0) is 72.1 Å². The second-order valence-corrected chi connectivity index (χ2v) is 14.6.